The molecule has 0 bridgehead atoms. The van der Waals surface area contributed by atoms with Crippen LogP contribution in [0.5, 0.6) is 0 Å². The zero-order valence-corrected chi connectivity index (χ0v) is 13.0. The van der Waals surface area contributed by atoms with Crippen molar-refractivity contribution in [2.24, 2.45) is 0 Å². The molecule has 0 aliphatic carbocycles. The molecule has 0 radical (unpaired) electrons. The zero-order chi connectivity index (χ0) is 16.4. The van der Waals surface area contributed by atoms with E-state index in [1.54, 1.807) is 0 Å². The molecule has 22 heavy (non-hydrogen) atoms. The summed E-state index contributed by atoms with van der Waals surface area (Å²) in [6.07, 6.45) is -3.31. The summed E-state index contributed by atoms with van der Waals surface area (Å²) < 4.78 is 65.6. The highest BCUT2D eigenvalue weighted by atomic mass is 32.2. The maximum absolute atomic E-state index is 12.9. The van der Waals surface area contributed by atoms with Gasteiger partial charge >= 0.3 is 6.18 Å². The smallest absolute Gasteiger partial charge is 0.314 e. The molecule has 1 fully saturated rings. The number of hydrogen-bond acceptors (Lipinski definition) is 3. The first-order valence-electron chi connectivity index (χ1n) is 7.06. The third-order valence-corrected chi connectivity index (χ3v) is 5.02. The van der Waals surface area contributed by atoms with E-state index in [4.69, 9.17) is 0 Å². The molecule has 2 atom stereocenters. The monoisotopic (exact) mass is 336 g/mol. The molecule has 0 aromatic heterocycles. The molecule has 4 nitrogen and oxygen atoms in total. The van der Waals surface area contributed by atoms with Gasteiger partial charge < -0.3 is 5.32 Å². The third-order valence-electron chi connectivity index (χ3n) is 3.64. The molecular formula is C14H19F3N2O2S. The van der Waals surface area contributed by atoms with Crippen LogP contribution in [0.2, 0.25) is 0 Å². The summed E-state index contributed by atoms with van der Waals surface area (Å²) >= 11 is 0. The molecule has 2 rings (SSSR count). The quantitative estimate of drug-likeness (QED) is 0.887. The molecule has 2 unspecified atom stereocenters. The summed E-state index contributed by atoms with van der Waals surface area (Å²) in [6.45, 7) is 2.63. The van der Waals surface area contributed by atoms with Crippen LogP contribution in [0.4, 0.5) is 13.2 Å². The van der Waals surface area contributed by atoms with Gasteiger partial charge in [-0.1, -0.05) is 18.2 Å². The molecule has 0 amide bonds. The van der Waals surface area contributed by atoms with Crippen LogP contribution < -0.4 is 10.0 Å². The fourth-order valence-electron chi connectivity index (χ4n) is 2.66. The fourth-order valence-corrected chi connectivity index (χ4v) is 4.13. The summed E-state index contributed by atoms with van der Waals surface area (Å²) in [7, 11) is -3.82. The minimum atomic E-state index is -4.56. The van der Waals surface area contributed by atoms with Crippen LogP contribution >= 0.6 is 0 Å². The van der Waals surface area contributed by atoms with Gasteiger partial charge in [-0.2, -0.15) is 13.2 Å². The molecule has 1 aliphatic heterocycles. The second kappa shape index (κ2) is 6.55. The number of piperidine rings is 1. The maximum Gasteiger partial charge on any atom is 0.416 e. The number of benzene rings is 1. The standard InChI is InChI=1S/C14H19F3N2O2S/c1-10-8-12(6-7-18-10)19-22(20,21)9-11-4-2-3-5-13(11)14(15,16)17/h2-5,10,12,18-19H,6-9H2,1H3. The van der Waals surface area contributed by atoms with E-state index < -0.39 is 27.5 Å². The Morgan fingerprint density at radius 1 is 1.32 bits per heavy atom. The van der Waals surface area contributed by atoms with Crippen molar-refractivity contribution in [1.82, 2.24) is 10.0 Å². The Morgan fingerprint density at radius 3 is 2.64 bits per heavy atom. The molecule has 0 saturated carbocycles. The van der Waals surface area contributed by atoms with Gasteiger partial charge in [-0.05, 0) is 37.9 Å². The van der Waals surface area contributed by atoms with Gasteiger partial charge in [0, 0.05) is 12.1 Å². The van der Waals surface area contributed by atoms with E-state index >= 15 is 0 Å². The van der Waals surface area contributed by atoms with Gasteiger partial charge in [0.05, 0.1) is 11.3 Å². The van der Waals surface area contributed by atoms with Crippen LogP contribution in [-0.2, 0) is 22.0 Å². The molecule has 1 aliphatic rings. The van der Waals surface area contributed by atoms with Crippen molar-refractivity contribution >= 4 is 10.0 Å². The van der Waals surface area contributed by atoms with E-state index in [-0.39, 0.29) is 17.6 Å². The summed E-state index contributed by atoms with van der Waals surface area (Å²) in [6, 6.07) is 4.71. The fraction of sp³-hybridized carbons (Fsp3) is 0.571. The van der Waals surface area contributed by atoms with Crippen LogP contribution in [0.25, 0.3) is 0 Å². The van der Waals surface area contributed by atoms with Crippen LogP contribution in [0.1, 0.15) is 30.9 Å². The molecule has 0 spiro atoms. The SMILES string of the molecule is CC1CC(NS(=O)(=O)Cc2ccccc2C(F)(F)F)CCN1. The Kier molecular flexibility index (Phi) is 5.14. The zero-order valence-electron chi connectivity index (χ0n) is 12.2. The lowest BCUT2D eigenvalue weighted by Crippen LogP contribution is -2.46. The normalized spacial score (nSPS) is 23.5. The van der Waals surface area contributed by atoms with E-state index in [1.165, 1.54) is 18.2 Å². The summed E-state index contributed by atoms with van der Waals surface area (Å²) in [5, 5.41) is 3.19. The summed E-state index contributed by atoms with van der Waals surface area (Å²) in [5.74, 6) is -0.666. The Morgan fingerprint density at radius 2 is 2.00 bits per heavy atom. The molecule has 2 N–H and O–H groups in total. The minimum Gasteiger partial charge on any atom is -0.314 e. The van der Waals surface area contributed by atoms with Gasteiger partial charge in [0.15, 0.2) is 0 Å². The first-order valence-corrected chi connectivity index (χ1v) is 8.71. The number of rotatable bonds is 4. The van der Waals surface area contributed by atoms with Gasteiger partial charge in [0.2, 0.25) is 10.0 Å². The number of halogens is 3. The van der Waals surface area contributed by atoms with Gasteiger partial charge in [-0.3, -0.25) is 0 Å². The highest BCUT2D eigenvalue weighted by Crippen LogP contribution is 2.32. The number of nitrogens with one attached hydrogen (secondary N) is 2. The van der Waals surface area contributed by atoms with Crippen molar-refractivity contribution in [2.75, 3.05) is 6.54 Å². The Hall–Kier alpha value is -1.12. The van der Waals surface area contributed by atoms with Crippen LogP contribution in [0.15, 0.2) is 24.3 Å². The van der Waals surface area contributed by atoms with Crippen LogP contribution in [0.3, 0.4) is 0 Å². The Balaban J connectivity index is 2.12. The van der Waals surface area contributed by atoms with Gasteiger partial charge in [-0.25, -0.2) is 13.1 Å². The van der Waals surface area contributed by atoms with Crippen LogP contribution in [0, 0.1) is 0 Å². The first kappa shape index (κ1) is 17.2. The largest absolute Gasteiger partial charge is 0.416 e. The first-order chi connectivity index (χ1) is 10.2. The molecule has 124 valence electrons. The number of hydrogen-bond donors (Lipinski definition) is 2. The highest BCUT2D eigenvalue weighted by molar-refractivity contribution is 7.88. The lowest BCUT2D eigenvalue weighted by atomic mass is 10.0. The lowest BCUT2D eigenvalue weighted by Gasteiger charge is -2.28. The number of alkyl halides is 3. The average Bonchev–Trinajstić information content (AvgIpc) is 2.36. The van der Waals surface area contributed by atoms with E-state index in [0.717, 1.165) is 6.07 Å². The van der Waals surface area contributed by atoms with Gasteiger partial charge in [-0.15, -0.1) is 0 Å². The van der Waals surface area contributed by atoms with E-state index in [1.807, 2.05) is 6.92 Å². The molecular weight excluding hydrogens is 317 g/mol. The van der Waals surface area contributed by atoms with E-state index in [0.29, 0.717) is 19.4 Å². The third kappa shape index (κ3) is 4.69. The van der Waals surface area contributed by atoms with Crippen molar-refractivity contribution in [1.29, 1.82) is 0 Å². The second-order valence-corrected chi connectivity index (χ2v) is 7.36. The predicted octanol–water partition coefficient (Wildman–Crippen LogP) is 2.27. The Labute approximate surface area is 128 Å². The minimum absolute atomic E-state index is 0.184. The van der Waals surface area contributed by atoms with Crippen molar-refractivity contribution in [3.8, 4) is 0 Å². The van der Waals surface area contributed by atoms with Crippen molar-refractivity contribution in [3.63, 3.8) is 0 Å². The molecule has 8 heteroatoms. The van der Waals surface area contributed by atoms with E-state index in [9.17, 15) is 21.6 Å². The second-order valence-electron chi connectivity index (χ2n) is 5.61. The van der Waals surface area contributed by atoms with Gasteiger partial charge in [0.1, 0.15) is 0 Å². The highest BCUT2D eigenvalue weighted by Gasteiger charge is 2.34. The van der Waals surface area contributed by atoms with Crippen molar-refractivity contribution in [2.45, 2.75) is 43.8 Å². The Bertz CT molecular complexity index is 617. The van der Waals surface area contributed by atoms with E-state index in [2.05, 4.69) is 10.0 Å². The molecule has 1 saturated heterocycles. The maximum atomic E-state index is 12.9. The molecule has 1 aromatic carbocycles. The number of sulfonamides is 1. The average molecular weight is 336 g/mol. The lowest BCUT2D eigenvalue weighted by molar-refractivity contribution is -0.138. The van der Waals surface area contributed by atoms with Gasteiger partial charge in [0.25, 0.3) is 0 Å². The van der Waals surface area contributed by atoms with Crippen LogP contribution in [-0.4, -0.2) is 27.0 Å². The predicted molar refractivity (Wildman–Crippen MR) is 77.7 cm³/mol. The van der Waals surface area contributed by atoms with Crippen molar-refractivity contribution in [3.05, 3.63) is 35.4 Å². The summed E-state index contributed by atoms with van der Waals surface area (Å²) in [4.78, 5) is 0. The molecule has 1 aromatic rings. The molecule has 1 heterocycles. The van der Waals surface area contributed by atoms with Crippen molar-refractivity contribution < 1.29 is 21.6 Å². The topological polar surface area (TPSA) is 58.2 Å². The summed E-state index contributed by atoms with van der Waals surface area (Å²) in [5.41, 5.74) is -1.14.